The molecule has 7 heteroatoms. The molecule has 1 N–H and O–H groups in total. The van der Waals surface area contributed by atoms with Crippen LogP contribution in [0.5, 0.6) is 0 Å². The quantitative estimate of drug-likeness (QED) is 0.659. The molecule has 0 atom stereocenters. The van der Waals surface area contributed by atoms with Gasteiger partial charge in [-0.3, -0.25) is 10.1 Å². The maximum absolute atomic E-state index is 11.1. The molecule has 21 heavy (non-hydrogen) atoms. The molecule has 1 aliphatic rings. The molecule has 0 saturated carbocycles. The van der Waals surface area contributed by atoms with E-state index in [0.717, 1.165) is 5.56 Å². The van der Waals surface area contributed by atoms with E-state index in [1.165, 1.54) is 0 Å². The molecule has 114 valence electrons. The fraction of sp³-hybridized carbons (Fsp3) is 0.500. The molecule has 0 unspecified atom stereocenters. The zero-order valence-corrected chi connectivity index (χ0v) is 11.8. The van der Waals surface area contributed by atoms with Crippen molar-refractivity contribution in [2.75, 3.05) is 24.6 Å². The highest BCUT2D eigenvalue weighted by molar-refractivity contribution is 5.68. The summed E-state index contributed by atoms with van der Waals surface area (Å²) in [6.07, 6.45) is 1.23. The second-order valence-corrected chi connectivity index (χ2v) is 5.14. The number of hydrogen-bond acceptors (Lipinski definition) is 5. The van der Waals surface area contributed by atoms with Gasteiger partial charge in [-0.1, -0.05) is 6.07 Å². The van der Waals surface area contributed by atoms with Crippen LogP contribution in [0.25, 0.3) is 0 Å². The molecule has 0 spiro atoms. The van der Waals surface area contributed by atoms with E-state index in [0.29, 0.717) is 31.6 Å². The predicted octanol–water partition coefficient (Wildman–Crippen LogP) is 1.97. The summed E-state index contributed by atoms with van der Waals surface area (Å²) in [6, 6.07) is 5.20. The first-order chi connectivity index (χ1) is 9.97. The van der Waals surface area contributed by atoms with E-state index in [4.69, 9.17) is 9.84 Å². The number of carbonyl (C=O) groups is 1. The Morgan fingerprint density at radius 1 is 1.48 bits per heavy atom. The minimum Gasteiger partial charge on any atom is -0.480 e. The van der Waals surface area contributed by atoms with Crippen LogP contribution < -0.4 is 4.90 Å². The molecule has 1 aromatic carbocycles. The fourth-order valence-electron chi connectivity index (χ4n) is 2.50. The highest BCUT2D eigenvalue weighted by atomic mass is 16.6. The summed E-state index contributed by atoms with van der Waals surface area (Å²) >= 11 is 0. The highest BCUT2D eigenvalue weighted by Gasteiger charge is 2.25. The second kappa shape index (κ2) is 6.53. The number of rotatable bonds is 5. The average molecular weight is 294 g/mol. The highest BCUT2D eigenvalue weighted by Crippen LogP contribution is 2.31. The lowest BCUT2D eigenvalue weighted by Crippen LogP contribution is -2.38. The summed E-state index contributed by atoms with van der Waals surface area (Å²) in [4.78, 5) is 23.2. The van der Waals surface area contributed by atoms with Crippen molar-refractivity contribution in [3.05, 3.63) is 33.9 Å². The Balaban J connectivity index is 2.02. The lowest BCUT2D eigenvalue weighted by molar-refractivity contribution is -0.384. The van der Waals surface area contributed by atoms with Gasteiger partial charge in [0.25, 0.3) is 5.69 Å². The summed E-state index contributed by atoms with van der Waals surface area (Å²) in [6.45, 7) is 2.76. The van der Waals surface area contributed by atoms with E-state index in [2.05, 4.69) is 0 Å². The summed E-state index contributed by atoms with van der Waals surface area (Å²) in [7, 11) is 0. The van der Waals surface area contributed by atoms with Crippen LogP contribution in [0.1, 0.15) is 18.4 Å². The number of carboxylic acids is 1. The molecule has 0 radical (unpaired) electrons. The third-order valence-corrected chi connectivity index (χ3v) is 3.55. The number of ether oxygens (including phenoxy) is 1. The number of aliphatic carboxylic acids is 1. The molecule has 7 nitrogen and oxygen atoms in total. The van der Waals surface area contributed by atoms with Gasteiger partial charge in [-0.05, 0) is 31.4 Å². The molecule has 0 amide bonds. The molecule has 1 aliphatic heterocycles. The Hall–Kier alpha value is -2.15. The number of nitro benzene ring substituents is 1. The van der Waals surface area contributed by atoms with Crippen molar-refractivity contribution in [1.29, 1.82) is 0 Å². The predicted molar refractivity (Wildman–Crippen MR) is 76.7 cm³/mol. The van der Waals surface area contributed by atoms with Gasteiger partial charge in [0.1, 0.15) is 12.3 Å². The molecule has 2 rings (SSSR count). The number of anilines is 1. The molecular formula is C14H18N2O5. The first-order valence-electron chi connectivity index (χ1n) is 6.81. The number of hydrogen-bond donors (Lipinski definition) is 1. The minimum atomic E-state index is -0.980. The first kappa shape index (κ1) is 15.2. The van der Waals surface area contributed by atoms with E-state index in [1.54, 1.807) is 12.1 Å². The molecule has 1 aromatic rings. The van der Waals surface area contributed by atoms with Crippen molar-refractivity contribution in [2.24, 2.45) is 0 Å². The zero-order valence-electron chi connectivity index (χ0n) is 11.8. The van der Waals surface area contributed by atoms with Crippen LogP contribution in [-0.4, -0.2) is 41.8 Å². The first-order valence-corrected chi connectivity index (χ1v) is 6.81. The van der Waals surface area contributed by atoms with Crippen molar-refractivity contribution in [1.82, 2.24) is 0 Å². The molecule has 1 saturated heterocycles. The van der Waals surface area contributed by atoms with Crippen LogP contribution in [-0.2, 0) is 9.53 Å². The van der Waals surface area contributed by atoms with E-state index >= 15 is 0 Å². The van der Waals surface area contributed by atoms with Crippen LogP contribution in [0.4, 0.5) is 11.4 Å². The summed E-state index contributed by atoms with van der Waals surface area (Å²) in [5.41, 5.74) is 1.58. The summed E-state index contributed by atoms with van der Waals surface area (Å²) in [5.74, 6) is -0.980. The number of nitrogens with zero attached hydrogens (tertiary/aromatic N) is 2. The van der Waals surface area contributed by atoms with Gasteiger partial charge in [-0.15, -0.1) is 0 Å². The summed E-state index contributed by atoms with van der Waals surface area (Å²) in [5, 5.41) is 19.7. The maximum atomic E-state index is 11.1. The van der Waals surface area contributed by atoms with Crippen LogP contribution in [0.15, 0.2) is 18.2 Å². The minimum absolute atomic E-state index is 0.0955. The number of nitro groups is 1. The topological polar surface area (TPSA) is 92.9 Å². The van der Waals surface area contributed by atoms with Crippen LogP contribution in [0, 0.1) is 17.0 Å². The average Bonchev–Trinajstić information content (AvgIpc) is 2.45. The van der Waals surface area contributed by atoms with Gasteiger partial charge in [-0.25, -0.2) is 4.79 Å². The number of carboxylic acid groups (broad SMARTS) is 1. The third kappa shape index (κ3) is 3.91. The zero-order chi connectivity index (χ0) is 15.4. The van der Waals surface area contributed by atoms with Gasteiger partial charge in [0.05, 0.1) is 11.0 Å². The van der Waals surface area contributed by atoms with Crippen LogP contribution in [0.2, 0.25) is 0 Å². The molecule has 0 aliphatic carbocycles. The SMILES string of the molecule is Cc1ccc(N2CCC(OCC(=O)O)CC2)c([N+](=O)[O-])c1. The van der Waals surface area contributed by atoms with Crippen molar-refractivity contribution >= 4 is 17.3 Å². The normalized spacial score (nSPS) is 16.0. The van der Waals surface area contributed by atoms with E-state index in [9.17, 15) is 14.9 Å². The standard InChI is InChI=1S/C14H18N2O5/c1-10-2-3-12(13(8-10)16(19)20)15-6-4-11(5-7-15)21-9-14(17)18/h2-3,8,11H,4-7,9H2,1H3,(H,17,18). The molecule has 1 heterocycles. The molecule has 0 aromatic heterocycles. The van der Waals surface area contributed by atoms with Crippen molar-refractivity contribution < 1.29 is 19.6 Å². The van der Waals surface area contributed by atoms with Gasteiger partial charge in [-0.2, -0.15) is 0 Å². The molecular weight excluding hydrogens is 276 g/mol. The fourth-order valence-corrected chi connectivity index (χ4v) is 2.50. The van der Waals surface area contributed by atoms with Gasteiger partial charge in [0.2, 0.25) is 0 Å². The van der Waals surface area contributed by atoms with Crippen molar-refractivity contribution in [2.45, 2.75) is 25.9 Å². The monoisotopic (exact) mass is 294 g/mol. The van der Waals surface area contributed by atoms with Crippen molar-refractivity contribution in [3.63, 3.8) is 0 Å². The Kier molecular flexibility index (Phi) is 4.74. The Bertz CT molecular complexity index is 538. The lowest BCUT2D eigenvalue weighted by atomic mass is 10.1. The third-order valence-electron chi connectivity index (χ3n) is 3.55. The Morgan fingerprint density at radius 2 is 2.14 bits per heavy atom. The molecule has 1 fully saturated rings. The molecule has 0 bridgehead atoms. The number of benzene rings is 1. The Labute approximate surface area is 122 Å². The Morgan fingerprint density at radius 3 is 2.71 bits per heavy atom. The van der Waals surface area contributed by atoms with Gasteiger partial charge < -0.3 is 14.7 Å². The van der Waals surface area contributed by atoms with E-state index in [-0.39, 0.29) is 23.3 Å². The second-order valence-electron chi connectivity index (χ2n) is 5.14. The number of piperidine rings is 1. The van der Waals surface area contributed by atoms with Gasteiger partial charge in [0.15, 0.2) is 0 Å². The van der Waals surface area contributed by atoms with Crippen LogP contribution in [0.3, 0.4) is 0 Å². The van der Waals surface area contributed by atoms with E-state index < -0.39 is 5.97 Å². The smallest absolute Gasteiger partial charge is 0.329 e. The van der Waals surface area contributed by atoms with Gasteiger partial charge >= 0.3 is 5.97 Å². The largest absolute Gasteiger partial charge is 0.480 e. The number of aryl methyl sites for hydroxylation is 1. The van der Waals surface area contributed by atoms with E-state index in [1.807, 2.05) is 17.9 Å². The lowest BCUT2D eigenvalue weighted by Gasteiger charge is -2.33. The maximum Gasteiger partial charge on any atom is 0.329 e. The van der Waals surface area contributed by atoms with Crippen LogP contribution >= 0.6 is 0 Å². The van der Waals surface area contributed by atoms with Crippen molar-refractivity contribution in [3.8, 4) is 0 Å². The summed E-state index contributed by atoms with van der Waals surface area (Å²) < 4.78 is 5.27. The van der Waals surface area contributed by atoms with Gasteiger partial charge in [0, 0.05) is 19.2 Å².